The first-order valence-corrected chi connectivity index (χ1v) is 8.33. The molecule has 0 fully saturated rings. The summed E-state index contributed by atoms with van der Waals surface area (Å²) in [7, 11) is 0. The van der Waals surface area contributed by atoms with Gasteiger partial charge < -0.3 is 10.0 Å². The lowest BCUT2D eigenvalue weighted by molar-refractivity contribution is 0.140. The van der Waals surface area contributed by atoms with E-state index in [1.54, 1.807) is 12.1 Å². The Kier molecular flexibility index (Phi) is 9.27. The van der Waals surface area contributed by atoms with Crippen LogP contribution in [0.4, 0.5) is 4.39 Å². The molecule has 1 rings (SSSR count). The second-order valence-electron chi connectivity index (χ2n) is 5.76. The van der Waals surface area contributed by atoms with Crippen molar-refractivity contribution in [3.63, 3.8) is 0 Å². The summed E-state index contributed by atoms with van der Waals surface area (Å²) in [5.41, 5.74) is 0.806. The molecule has 0 aromatic heterocycles. The molecule has 1 atom stereocenters. The molecule has 120 valence electrons. The van der Waals surface area contributed by atoms with Crippen molar-refractivity contribution in [2.75, 3.05) is 19.6 Å². The van der Waals surface area contributed by atoms with Gasteiger partial charge in [0.2, 0.25) is 0 Å². The van der Waals surface area contributed by atoms with Gasteiger partial charge in [-0.25, -0.2) is 4.39 Å². The van der Waals surface area contributed by atoms with Crippen LogP contribution in [0.25, 0.3) is 0 Å². The number of rotatable bonds is 11. The predicted octanol–water partition coefficient (Wildman–Crippen LogP) is 4.54. The Morgan fingerprint density at radius 1 is 0.952 bits per heavy atom. The van der Waals surface area contributed by atoms with Gasteiger partial charge in [0.15, 0.2) is 0 Å². The van der Waals surface area contributed by atoms with Crippen molar-refractivity contribution in [3.05, 3.63) is 35.6 Å². The first-order valence-electron chi connectivity index (χ1n) is 8.33. The van der Waals surface area contributed by atoms with E-state index in [1.165, 1.54) is 44.2 Å². The van der Waals surface area contributed by atoms with E-state index in [4.69, 9.17) is 0 Å². The lowest BCUT2D eigenvalue weighted by atomic mass is 10.1. The fraction of sp³-hybridized carbons (Fsp3) is 0.667. The van der Waals surface area contributed by atoms with E-state index >= 15 is 0 Å². The van der Waals surface area contributed by atoms with Crippen LogP contribution in [0, 0.1) is 5.82 Å². The van der Waals surface area contributed by atoms with Gasteiger partial charge in [0, 0.05) is 6.54 Å². The Morgan fingerprint density at radius 3 is 2.19 bits per heavy atom. The minimum absolute atomic E-state index is 0.255. The first-order chi connectivity index (χ1) is 10.2. The summed E-state index contributed by atoms with van der Waals surface area (Å²) in [5, 5.41) is 10.2. The van der Waals surface area contributed by atoms with Gasteiger partial charge in [0.25, 0.3) is 0 Å². The largest absolute Gasteiger partial charge is 0.388 e. The Labute approximate surface area is 129 Å². The van der Waals surface area contributed by atoms with Crippen LogP contribution < -0.4 is 0 Å². The van der Waals surface area contributed by atoms with Gasteiger partial charge in [0.05, 0.1) is 6.10 Å². The third-order valence-corrected chi connectivity index (χ3v) is 3.88. The van der Waals surface area contributed by atoms with E-state index in [1.807, 2.05) is 0 Å². The minimum Gasteiger partial charge on any atom is -0.388 e. The molecular weight excluding hydrogens is 265 g/mol. The van der Waals surface area contributed by atoms with Crippen molar-refractivity contribution in [1.82, 2.24) is 4.90 Å². The van der Waals surface area contributed by atoms with Crippen LogP contribution in [-0.2, 0) is 0 Å². The summed E-state index contributed by atoms with van der Waals surface area (Å²) in [6.45, 7) is 7.55. The van der Waals surface area contributed by atoms with Crippen LogP contribution in [0.1, 0.15) is 64.0 Å². The van der Waals surface area contributed by atoms with Crippen LogP contribution >= 0.6 is 0 Å². The zero-order valence-corrected chi connectivity index (χ0v) is 13.5. The average molecular weight is 295 g/mol. The molecule has 1 unspecified atom stereocenters. The molecule has 0 amide bonds. The first kappa shape index (κ1) is 18.1. The molecule has 0 saturated carbocycles. The molecule has 2 nitrogen and oxygen atoms in total. The summed E-state index contributed by atoms with van der Waals surface area (Å²) in [5.74, 6) is -0.255. The second kappa shape index (κ2) is 10.7. The van der Waals surface area contributed by atoms with Crippen molar-refractivity contribution >= 4 is 0 Å². The lowest BCUT2D eigenvalue weighted by Gasteiger charge is -2.23. The zero-order valence-electron chi connectivity index (χ0n) is 13.5. The maximum atomic E-state index is 12.9. The van der Waals surface area contributed by atoms with E-state index in [2.05, 4.69) is 18.7 Å². The van der Waals surface area contributed by atoms with Gasteiger partial charge in [-0.2, -0.15) is 0 Å². The van der Waals surface area contributed by atoms with Crippen molar-refractivity contribution in [1.29, 1.82) is 0 Å². The quantitative estimate of drug-likeness (QED) is 0.606. The molecule has 0 saturated heterocycles. The molecule has 0 radical (unpaired) electrons. The van der Waals surface area contributed by atoms with E-state index in [0.717, 1.165) is 25.2 Å². The van der Waals surface area contributed by atoms with Gasteiger partial charge >= 0.3 is 0 Å². The van der Waals surface area contributed by atoms with Gasteiger partial charge in [-0.15, -0.1) is 0 Å². The summed E-state index contributed by atoms with van der Waals surface area (Å²) >= 11 is 0. The number of unbranched alkanes of at least 4 members (excludes halogenated alkanes) is 3. The van der Waals surface area contributed by atoms with Gasteiger partial charge in [-0.05, 0) is 50.0 Å². The average Bonchev–Trinajstić information content (AvgIpc) is 2.50. The van der Waals surface area contributed by atoms with Crippen LogP contribution in [0.15, 0.2) is 24.3 Å². The maximum Gasteiger partial charge on any atom is 0.123 e. The number of hydrogen-bond donors (Lipinski definition) is 1. The van der Waals surface area contributed by atoms with E-state index < -0.39 is 6.10 Å². The van der Waals surface area contributed by atoms with E-state index in [-0.39, 0.29) is 5.82 Å². The highest BCUT2D eigenvalue weighted by atomic mass is 19.1. The molecule has 0 heterocycles. The maximum absolute atomic E-state index is 12.9. The fourth-order valence-electron chi connectivity index (χ4n) is 2.46. The monoisotopic (exact) mass is 295 g/mol. The number of aliphatic hydroxyl groups is 1. The molecule has 1 N–H and O–H groups in total. The fourth-order valence-corrected chi connectivity index (χ4v) is 2.46. The van der Waals surface area contributed by atoms with E-state index in [0.29, 0.717) is 6.42 Å². The smallest absolute Gasteiger partial charge is 0.123 e. The number of halogens is 1. The Balaban J connectivity index is 2.40. The Hall–Kier alpha value is -0.930. The highest BCUT2D eigenvalue weighted by Gasteiger charge is 2.11. The highest BCUT2D eigenvalue weighted by Crippen LogP contribution is 2.17. The summed E-state index contributed by atoms with van der Waals surface area (Å²) in [6.07, 6.45) is 6.35. The highest BCUT2D eigenvalue weighted by molar-refractivity contribution is 5.18. The van der Waals surface area contributed by atoms with Crippen molar-refractivity contribution in [2.45, 2.75) is 58.5 Å². The van der Waals surface area contributed by atoms with Crippen LogP contribution in [0.5, 0.6) is 0 Å². The Bertz CT molecular complexity index is 366. The third-order valence-electron chi connectivity index (χ3n) is 3.88. The summed E-state index contributed by atoms with van der Waals surface area (Å²) < 4.78 is 12.9. The molecular formula is C18H30FNO. The zero-order chi connectivity index (χ0) is 15.5. The molecule has 0 bridgehead atoms. The van der Waals surface area contributed by atoms with Crippen LogP contribution in [-0.4, -0.2) is 29.6 Å². The minimum atomic E-state index is -0.499. The number of aliphatic hydroxyl groups excluding tert-OH is 1. The molecule has 0 aliphatic carbocycles. The number of hydrogen-bond acceptors (Lipinski definition) is 2. The third kappa shape index (κ3) is 7.58. The molecule has 0 aliphatic rings. The van der Waals surface area contributed by atoms with Crippen molar-refractivity contribution in [2.24, 2.45) is 0 Å². The van der Waals surface area contributed by atoms with Crippen molar-refractivity contribution < 1.29 is 9.50 Å². The number of nitrogens with zero attached hydrogens (tertiary/aromatic N) is 1. The lowest BCUT2D eigenvalue weighted by Crippen LogP contribution is -2.28. The normalized spacial score (nSPS) is 12.8. The van der Waals surface area contributed by atoms with Crippen LogP contribution in [0.2, 0.25) is 0 Å². The second-order valence-corrected chi connectivity index (χ2v) is 5.76. The molecule has 0 aliphatic heterocycles. The van der Waals surface area contributed by atoms with E-state index in [9.17, 15) is 9.50 Å². The molecule has 3 heteroatoms. The summed E-state index contributed by atoms with van der Waals surface area (Å²) in [4.78, 5) is 2.45. The summed E-state index contributed by atoms with van der Waals surface area (Å²) in [6, 6.07) is 6.17. The molecule has 0 spiro atoms. The number of benzene rings is 1. The van der Waals surface area contributed by atoms with Gasteiger partial charge in [-0.1, -0.05) is 45.2 Å². The standard InChI is InChI=1S/C18H30FNO/c1-3-5-7-14-20(13-6-4-2)15-12-18(21)16-8-10-17(19)11-9-16/h8-11,18,21H,3-7,12-15H2,1-2H3. The molecule has 1 aromatic carbocycles. The van der Waals surface area contributed by atoms with Gasteiger partial charge in [0.1, 0.15) is 5.82 Å². The molecule has 21 heavy (non-hydrogen) atoms. The Morgan fingerprint density at radius 2 is 1.57 bits per heavy atom. The predicted molar refractivity (Wildman–Crippen MR) is 86.8 cm³/mol. The van der Waals surface area contributed by atoms with Gasteiger partial charge in [-0.3, -0.25) is 0 Å². The van der Waals surface area contributed by atoms with Crippen LogP contribution in [0.3, 0.4) is 0 Å². The topological polar surface area (TPSA) is 23.5 Å². The van der Waals surface area contributed by atoms with Crippen molar-refractivity contribution in [3.8, 4) is 0 Å². The SMILES string of the molecule is CCCCCN(CCCC)CCC(O)c1ccc(F)cc1. The molecule has 1 aromatic rings.